The van der Waals surface area contributed by atoms with Crippen LogP contribution in [-0.4, -0.2) is 43.0 Å². The van der Waals surface area contributed by atoms with Gasteiger partial charge < -0.3 is 10.2 Å². The van der Waals surface area contributed by atoms with E-state index in [1.165, 1.54) is 5.56 Å². The number of amides is 3. The predicted molar refractivity (Wildman–Crippen MR) is 131 cm³/mol. The van der Waals surface area contributed by atoms with Crippen LogP contribution in [0.15, 0.2) is 54.6 Å². The summed E-state index contributed by atoms with van der Waals surface area (Å²) < 4.78 is 0. The average Bonchev–Trinajstić information content (AvgIpc) is 2.77. The summed E-state index contributed by atoms with van der Waals surface area (Å²) in [5.41, 5.74) is 1.95. The number of hydrogen-bond acceptors (Lipinski definition) is 2. The number of para-hydroxylation sites is 1. The summed E-state index contributed by atoms with van der Waals surface area (Å²) in [5, 5.41) is 3.70. The van der Waals surface area contributed by atoms with Crippen molar-refractivity contribution in [2.45, 2.75) is 46.1 Å². The molecule has 6 heteroatoms. The number of halogens is 1. The molecule has 172 valence electrons. The second-order valence-electron chi connectivity index (χ2n) is 9.71. The lowest BCUT2D eigenvalue weighted by atomic mass is 9.70. The molecular weight excluding hydrogens is 422 g/mol. The van der Waals surface area contributed by atoms with Gasteiger partial charge in [0.1, 0.15) is 6.04 Å². The molecule has 1 saturated heterocycles. The maximum Gasteiger partial charge on any atom is 0.322 e. The lowest BCUT2D eigenvalue weighted by molar-refractivity contribution is -0.137. The zero-order valence-corrected chi connectivity index (χ0v) is 20.4. The van der Waals surface area contributed by atoms with Gasteiger partial charge in [-0.05, 0) is 53.5 Å². The van der Waals surface area contributed by atoms with Gasteiger partial charge in [0.25, 0.3) is 0 Å². The van der Waals surface area contributed by atoms with E-state index in [0.717, 1.165) is 17.1 Å². The highest BCUT2D eigenvalue weighted by Gasteiger charge is 2.40. The molecule has 2 aromatic carbocycles. The van der Waals surface area contributed by atoms with E-state index in [2.05, 4.69) is 31.3 Å². The first-order chi connectivity index (χ1) is 15.1. The Morgan fingerprint density at radius 1 is 1.09 bits per heavy atom. The van der Waals surface area contributed by atoms with Gasteiger partial charge in [0, 0.05) is 30.8 Å². The Hall–Kier alpha value is -2.53. The third kappa shape index (κ3) is 5.44. The number of hydrogen-bond donors (Lipinski definition) is 1. The third-order valence-corrected chi connectivity index (χ3v) is 6.73. The second kappa shape index (κ2) is 9.95. The largest absolute Gasteiger partial charge is 0.340 e. The van der Waals surface area contributed by atoms with Gasteiger partial charge in [-0.15, -0.1) is 0 Å². The van der Waals surface area contributed by atoms with E-state index in [0.29, 0.717) is 19.0 Å². The van der Waals surface area contributed by atoms with Gasteiger partial charge in [0.05, 0.1) is 0 Å². The summed E-state index contributed by atoms with van der Waals surface area (Å²) in [6.45, 7) is 9.67. The number of urea groups is 1. The first-order valence-electron chi connectivity index (χ1n) is 11.2. The van der Waals surface area contributed by atoms with Crippen molar-refractivity contribution in [3.63, 3.8) is 0 Å². The average molecular weight is 456 g/mol. The van der Waals surface area contributed by atoms with Gasteiger partial charge >= 0.3 is 6.03 Å². The fourth-order valence-electron chi connectivity index (χ4n) is 4.57. The van der Waals surface area contributed by atoms with Crippen LogP contribution in [0.1, 0.15) is 45.6 Å². The highest BCUT2D eigenvalue weighted by atomic mass is 35.5. The minimum atomic E-state index is -0.573. The Bertz CT molecular complexity index is 928. The van der Waals surface area contributed by atoms with E-state index in [9.17, 15) is 9.59 Å². The molecule has 2 atom stereocenters. The van der Waals surface area contributed by atoms with Crippen molar-refractivity contribution in [3.8, 4) is 0 Å². The molecule has 0 aromatic heterocycles. The number of carbonyl (C=O) groups excluding carboxylic acids is 2. The standard InChI is InChI=1S/C26H34ClN3O2/c1-18(2)23(28-25(32)29(5)21-9-7-6-8-10-21)24(31)30-16-15-22(26(3,4)17-30)19-11-13-20(27)14-12-19/h6-14,18,22-23H,15-17H2,1-5H3,(H,28,32)/t22?,23-/m1/s1. The zero-order chi connectivity index (χ0) is 23.5. The molecule has 1 aliphatic rings. The molecule has 0 saturated carbocycles. The molecule has 1 fully saturated rings. The van der Waals surface area contributed by atoms with E-state index in [1.807, 2.05) is 61.2 Å². The second-order valence-corrected chi connectivity index (χ2v) is 10.1. The molecule has 32 heavy (non-hydrogen) atoms. The monoisotopic (exact) mass is 455 g/mol. The van der Waals surface area contributed by atoms with Crippen LogP contribution in [0.25, 0.3) is 0 Å². The van der Waals surface area contributed by atoms with E-state index >= 15 is 0 Å². The van der Waals surface area contributed by atoms with Crippen molar-refractivity contribution in [2.24, 2.45) is 11.3 Å². The van der Waals surface area contributed by atoms with Crippen molar-refractivity contribution in [2.75, 3.05) is 25.0 Å². The molecule has 5 nitrogen and oxygen atoms in total. The molecular formula is C26H34ClN3O2. The van der Waals surface area contributed by atoms with Crippen LogP contribution >= 0.6 is 11.6 Å². The highest BCUT2D eigenvalue weighted by molar-refractivity contribution is 6.30. The molecule has 1 N–H and O–H groups in total. The summed E-state index contributed by atoms with van der Waals surface area (Å²) in [5.74, 6) is 0.310. The van der Waals surface area contributed by atoms with Gasteiger partial charge in [-0.1, -0.05) is 69.6 Å². The van der Waals surface area contributed by atoms with Crippen molar-refractivity contribution in [3.05, 3.63) is 65.2 Å². The highest BCUT2D eigenvalue weighted by Crippen LogP contribution is 2.42. The zero-order valence-electron chi connectivity index (χ0n) is 19.6. The first-order valence-corrected chi connectivity index (χ1v) is 11.6. The van der Waals surface area contributed by atoms with Crippen LogP contribution in [0.4, 0.5) is 10.5 Å². The van der Waals surface area contributed by atoms with Crippen molar-refractivity contribution >= 4 is 29.2 Å². The third-order valence-electron chi connectivity index (χ3n) is 6.47. The molecule has 1 heterocycles. The lowest BCUT2D eigenvalue weighted by Gasteiger charge is -2.46. The van der Waals surface area contributed by atoms with Crippen molar-refractivity contribution in [1.29, 1.82) is 0 Å². The first kappa shape index (κ1) is 24.1. The molecule has 0 spiro atoms. The Balaban J connectivity index is 1.70. The number of nitrogens with one attached hydrogen (secondary N) is 1. The topological polar surface area (TPSA) is 52.7 Å². The van der Waals surface area contributed by atoms with Crippen molar-refractivity contribution < 1.29 is 9.59 Å². The summed E-state index contributed by atoms with van der Waals surface area (Å²) in [6.07, 6.45) is 0.878. The fourth-order valence-corrected chi connectivity index (χ4v) is 4.69. The Kier molecular flexibility index (Phi) is 7.50. The Morgan fingerprint density at radius 2 is 1.72 bits per heavy atom. The van der Waals surface area contributed by atoms with Gasteiger partial charge in [0.2, 0.25) is 5.91 Å². The van der Waals surface area contributed by atoms with Gasteiger partial charge in [-0.3, -0.25) is 9.69 Å². The van der Waals surface area contributed by atoms with E-state index in [1.54, 1.807) is 11.9 Å². The maximum atomic E-state index is 13.5. The number of anilines is 1. The van der Waals surface area contributed by atoms with Crippen LogP contribution in [0.2, 0.25) is 5.02 Å². The molecule has 1 unspecified atom stereocenters. The Morgan fingerprint density at radius 3 is 2.28 bits per heavy atom. The number of rotatable bonds is 5. The van der Waals surface area contributed by atoms with Gasteiger partial charge in [0.15, 0.2) is 0 Å². The number of piperidine rings is 1. The molecule has 3 amide bonds. The molecule has 0 aliphatic carbocycles. The molecule has 0 bridgehead atoms. The normalized spacial score (nSPS) is 18.8. The summed E-state index contributed by atoms with van der Waals surface area (Å²) in [4.78, 5) is 29.8. The maximum absolute atomic E-state index is 13.5. The van der Waals surface area contributed by atoms with Crippen molar-refractivity contribution in [1.82, 2.24) is 10.2 Å². The quantitative estimate of drug-likeness (QED) is 0.642. The number of nitrogens with zero attached hydrogens (tertiary/aromatic N) is 2. The summed E-state index contributed by atoms with van der Waals surface area (Å²) in [6, 6.07) is 16.6. The molecule has 2 aromatic rings. The number of benzene rings is 2. The molecule has 3 rings (SSSR count). The van der Waals surface area contributed by atoms with E-state index < -0.39 is 6.04 Å². The minimum absolute atomic E-state index is 0.0163. The van der Waals surface area contributed by atoms with Gasteiger partial charge in [-0.2, -0.15) is 0 Å². The number of carbonyl (C=O) groups is 2. The number of likely N-dealkylation sites (tertiary alicyclic amines) is 1. The predicted octanol–water partition coefficient (Wildman–Crippen LogP) is 5.55. The Labute approximate surface area is 196 Å². The summed E-state index contributed by atoms with van der Waals surface area (Å²) >= 11 is 6.06. The van der Waals surface area contributed by atoms with Crippen LogP contribution in [0.3, 0.4) is 0 Å². The van der Waals surface area contributed by atoms with Crippen LogP contribution < -0.4 is 10.2 Å². The van der Waals surface area contributed by atoms with E-state index in [-0.39, 0.29) is 23.3 Å². The molecule has 1 aliphatic heterocycles. The van der Waals surface area contributed by atoms with E-state index in [4.69, 9.17) is 11.6 Å². The van der Waals surface area contributed by atoms with Crippen LogP contribution in [-0.2, 0) is 4.79 Å². The minimum Gasteiger partial charge on any atom is -0.340 e. The lowest BCUT2D eigenvalue weighted by Crippen LogP contribution is -2.57. The van der Waals surface area contributed by atoms with Crippen LogP contribution in [0, 0.1) is 11.3 Å². The molecule has 0 radical (unpaired) electrons. The van der Waals surface area contributed by atoms with Crippen LogP contribution in [0.5, 0.6) is 0 Å². The fraction of sp³-hybridized carbons (Fsp3) is 0.462. The smallest absolute Gasteiger partial charge is 0.322 e. The SMILES string of the molecule is CC(C)[C@@H](NC(=O)N(C)c1ccccc1)C(=O)N1CCC(c2ccc(Cl)cc2)C(C)(C)C1. The summed E-state index contributed by atoms with van der Waals surface area (Å²) in [7, 11) is 1.72. The van der Waals surface area contributed by atoms with Gasteiger partial charge in [-0.25, -0.2) is 4.79 Å².